The van der Waals surface area contributed by atoms with E-state index in [2.05, 4.69) is 0 Å². The zero-order chi connectivity index (χ0) is 15.7. The van der Waals surface area contributed by atoms with Crippen LogP contribution in [-0.4, -0.2) is 6.17 Å². The molecular formula is C18H22F4. The van der Waals surface area contributed by atoms with E-state index in [1.807, 2.05) is 0 Å². The van der Waals surface area contributed by atoms with Crippen LogP contribution in [0.5, 0.6) is 0 Å². The minimum atomic E-state index is -1.48. The first kappa shape index (κ1) is 15.8. The van der Waals surface area contributed by atoms with Crippen LogP contribution < -0.4 is 0 Å². The van der Waals surface area contributed by atoms with Gasteiger partial charge < -0.3 is 0 Å². The van der Waals surface area contributed by atoms with Gasteiger partial charge in [0.15, 0.2) is 17.5 Å². The molecule has 0 aromatic heterocycles. The predicted octanol–water partition coefficient (Wildman–Crippen LogP) is 5.91. The second-order valence-electron chi connectivity index (χ2n) is 6.89. The SMILES string of the molecule is Fc1cc(C2CCC(C3CCCCC3)CC2F)cc(F)c1F. The van der Waals surface area contributed by atoms with Crippen molar-refractivity contribution in [1.82, 2.24) is 0 Å². The molecule has 1 aromatic carbocycles. The molecule has 2 fully saturated rings. The maximum Gasteiger partial charge on any atom is 0.194 e. The number of hydrogen-bond acceptors (Lipinski definition) is 0. The molecule has 3 atom stereocenters. The fraction of sp³-hybridized carbons (Fsp3) is 0.667. The number of benzene rings is 1. The van der Waals surface area contributed by atoms with Gasteiger partial charge in [-0.25, -0.2) is 17.6 Å². The lowest BCUT2D eigenvalue weighted by Crippen LogP contribution is -2.30. The van der Waals surface area contributed by atoms with E-state index in [0.717, 1.165) is 18.6 Å². The number of halogens is 4. The van der Waals surface area contributed by atoms with E-state index in [0.29, 0.717) is 24.7 Å². The van der Waals surface area contributed by atoms with Crippen molar-refractivity contribution in [3.63, 3.8) is 0 Å². The highest BCUT2D eigenvalue weighted by atomic mass is 19.2. The van der Waals surface area contributed by atoms with Crippen molar-refractivity contribution in [2.75, 3.05) is 0 Å². The zero-order valence-electron chi connectivity index (χ0n) is 12.6. The van der Waals surface area contributed by atoms with Gasteiger partial charge in [0.2, 0.25) is 0 Å². The van der Waals surface area contributed by atoms with E-state index in [1.165, 1.54) is 32.1 Å². The van der Waals surface area contributed by atoms with Gasteiger partial charge in [0, 0.05) is 5.92 Å². The molecule has 0 nitrogen and oxygen atoms in total. The van der Waals surface area contributed by atoms with Crippen molar-refractivity contribution < 1.29 is 17.6 Å². The molecule has 1 aromatic rings. The largest absolute Gasteiger partial charge is 0.247 e. The molecule has 0 heterocycles. The monoisotopic (exact) mass is 314 g/mol. The molecule has 0 amide bonds. The zero-order valence-corrected chi connectivity index (χ0v) is 12.6. The van der Waals surface area contributed by atoms with Crippen molar-refractivity contribution in [3.8, 4) is 0 Å². The molecule has 0 aliphatic heterocycles. The first-order valence-electron chi connectivity index (χ1n) is 8.34. The molecule has 0 N–H and O–H groups in total. The van der Waals surface area contributed by atoms with Crippen LogP contribution in [0, 0.1) is 29.3 Å². The van der Waals surface area contributed by atoms with Crippen LogP contribution in [-0.2, 0) is 0 Å². The quantitative estimate of drug-likeness (QED) is 0.470. The molecule has 0 saturated heterocycles. The van der Waals surface area contributed by atoms with Gasteiger partial charge in [-0.1, -0.05) is 32.1 Å². The summed E-state index contributed by atoms with van der Waals surface area (Å²) in [5.74, 6) is -3.44. The molecule has 3 unspecified atom stereocenters. The summed E-state index contributed by atoms with van der Waals surface area (Å²) < 4.78 is 54.3. The van der Waals surface area contributed by atoms with Gasteiger partial charge in [0.1, 0.15) is 6.17 Å². The normalized spacial score (nSPS) is 30.5. The topological polar surface area (TPSA) is 0 Å². The average Bonchev–Trinajstić information content (AvgIpc) is 2.53. The van der Waals surface area contributed by atoms with Gasteiger partial charge in [0.25, 0.3) is 0 Å². The Labute approximate surface area is 128 Å². The van der Waals surface area contributed by atoms with E-state index in [4.69, 9.17) is 0 Å². The van der Waals surface area contributed by atoms with Crippen LogP contribution in [0.15, 0.2) is 12.1 Å². The van der Waals surface area contributed by atoms with Crippen LogP contribution >= 0.6 is 0 Å². The van der Waals surface area contributed by atoms with Gasteiger partial charge in [-0.05, 0) is 48.8 Å². The van der Waals surface area contributed by atoms with Crippen LogP contribution in [0.3, 0.4) is 0 Å². The summed E-state index contributed by atoms with van der Waals surface area (Å²) in [4.78, 5) is 0. The smallest absolute Gasteiger partial charge is 0.194 e. The van der Waals surface area contributed by atoms with E-state index in [1.54, 1.807) is 0 Å². The molecule has 0 bridgehead atoms. The highest BCUT2D eigenvalue weighted by Crippen LogP contribution is 2.44. The Morgan fingerprint density at radius 1 is 0.773 bits per heavy atom. The second kappa shape index (κ2) is 6.59. The van der Waals surface area contributed by atoms with Crippen LogP contribution in [0.2, 0.25) is 0 Å². The van der Waals surface area contributed by atoms with E-state index < -0.39 is 29.5 Å². The first-order valence-corrected chi connectivity index (χ1v) is 8.34. The third-order valence-corrected chi connectivity index (χ3v) is 5.56. The molecular weight excluding hydrogens is 292 g/mol. The fourth-order valence-corrected chi connectivity index (χ4v) is 4.34. The summed E-state index contributed by atoms with van der Waals surface area (Å²) in [5, 5.41) is 0. The predicted molar refractivity (Wildman–Crippen MR) is 77.9 cm³/mol. The van der Waals surface area contributed by atoms with E-state index in [9.17, 15) is 17.6 Å². The molecule has 0 radical (unpaired) electrons. The Bertz CT molecular complexity index is 499. The Morgan fingerprint density at radius 3 is 2.00 bits per heavy atom. The lowest BCUT2D eigenvalue weighted by molar-refractivity contribution is 0.113. The first-order chi connectivity index (χ1) is 10.6. The number of alkyl halides is 1. The third-order valence-electron chi connectivity index (χ3n) is 5.56. The second-order valence-corrected chi connectivity index (χ2v) is 6.89. The maximum atomic E-state index is 14.6. The fourth-order valence-electron chi connectivity index (χ4n) is 4.34. The Morgan fingerprint density at radius 2 is 1.41 bits per heavy atom. The summed E-state index contributed by atoms with van der Waals surface area (Å²) in [6.45, 7) is 0. The summed E-state index contributed by atoms with van der Waals surface area (Å²) >= 11 is 0. The van der Waals surface area contributed by atoms with Gasteiger partial charge in [-0.3, -0.25) is 0 Å². The van der Waals surface area contributed by atoms with Gasteiger partial charge in [-0.15, -0.1) is 0 Å². The molecule has 2 aliphatic rings. The van der Waals surface area contributed by atoms with Crippen molar-refractivity contribution in [2.24, 2.45) is 11.8 Å². The lowest BCUT2D eigenvalue weighted by atomic mass is 9.69. The van der Waals surface area contributed by atoms with Gasteiger partial charge in [-0.2, -0.15) is 0 Å². The Balaban J connectivity index is 1.70. The Kier molecular flexibility index (Phi) is 4.74. The van der Waals surface area contributed by atoms with Crippen molar-refractivity contribution in [3.05, 3.63) is 35.1 Å². The van der Waals surface area contributed by atoms with Gasteiger partial charge >= 0.3 is 0 Å². The molecule has 22 heavy (non-hydrogen) atoms. The minimum Gasteiger partial charge on any atom is -0.247 e. The molecule has 122 valence electrons. The van der Waals surface area contributed by atoms with Crippen molar-refractivity contribution in [1.29, 1.82) is 0 Å². The molecule has 0 spiro atoms. The molecule has 2 aliphatic carbocycles. The summed E-state index contributed by atoms with van der Waals surface area (Å²) in [6, 6.07) is 1.91. The lowest BCUT2D eigenvalue weighted by Gasteiger charge is -2.38. The standard InChI is InChI=1S/C18H22F4/c19-15-8-12(11-4-2-1-3-5-11)6-7-14(15)13-9-16(20)18(22)17(21)10-13/h9-12,14-15H,1-8H2. The summed E-state index contributed by atoms with van der Waals surface area (Å²) in [5.41, 5.74) is 0.256. The number of hydrogen-bond donors (Lipinski definition) is 0. The maximum absolute atomic E-state index is 14.6. The van der Waals surface area contributed by atoms with Crippen LogP contribution in [0.1, 0.15) is 62.8 Å². The molecule has 4 heteroatoms. The van der Waals surface area contributed by atoms with E-state index in [-0.39, 0.29) is 5.56 Å². The van der Waals surface area contributed by atoms with Crippen LogP contribution in [0.4, 0.5) is 17.6 Å². The highest BCUT2D eigenvalue weighted by Gasteiger charge is 2.36. The minimum absolute atomic E-state index is 0.256. The van der Waals surface area contributed by atoms with Crippen molar-refractivity contribution >= 4 is 0 Å². The Hall–Kier alpha value is -1.06. The summed E-state index contributed by atoms with van der Waals surface area (Å²) in [6.07, 6.45) is 6.97. The van der Waals surface area contributed by atoms with Crippen molar-refractivity contribution in [2.45, 2.75) is 63.5 Å². The highest BCUT2D eigenvalue weighted by molar-refractivity contribution is 5.25. The average molecular weight is 314 g/mol. The van der Waals surface area contributed by atoms with Gasteiger partial charge in [0.05, 0.1) is 0 Å². The number of rotatable bonds is 2. The van der Waals surface area contributed by atoms with E-state index >= 15 is 0 Å². The molecule has 2 saturated carbocycles. The van der Waals surface area contributed by atoms with Crippen LogP contribution in [0.25, 0.3) is 0 Å². The summed E-state index contributed by atoms with van der Waals surface area (Å²) in [7, 11) is 0. The third kappa shape index (κ3) is 3.16. The molecule has 3 rings (SSSR count).